The molecule has 3 aromatic rings. The molecule has 0 fully saturated rings. The van der Waals surface area contributed by atoms with Crippen molar-refractivity contribution in [1.29, 1.82) is 0 Å². The van der Waals surface area contributed by atoms with Crippen LogP contribution in [-0.2, 0) is 0 Å². The summed E-state index contributed by atoms with van der Waals surface area (Å²) in [6, 6.07) is 7.58. The van der Waals surface area contributed by atoms with Gasteiger partial charge >= 0.3 is 0 Å². The summed E-state index contributed by atoms with van der Waals surface area (Å²) in [6.45, 7) is 5.77. The Kier molecular flexibility index (Phi) is 3.17. The van der Waals surface area contributed by atoms with Gasteiger partial charge in [0.1, 0.15) is 17.2 Å². The fraction of sp³-hybridized carbons (Fsp3) is 0.188. The fourth-order valence-corrected chi connectivity index (χ4v) is 2.26. The van der Waals surface area contributed by atoms with Gasteiger partial charge in [0.15, 0.2) is 0 Å². The number of rotatable bonds is 2. The number of fused-ring (bicyclic) bond motifs is 1. The molecule has 1 amide bonds. The summed E-state index contributed by atoms with van der Waals surface area (Å²) in [5.41, 5.74) is 4.12. The number of aryl methyl sites for hydroxylation is 3. The minimum absolute atomic E-state index is 0.207. The molecular weight excluding hydrogens is 264 g/mol. The van der Waals surface area contributed by atoms with Crippen molar-refractivity contribution in [2.24, 2.45) is 0 Å². The Labute approximate surface area is 122 Å². The zero-order chi connectivity index (χ0) is 15.0. The van der Waals surface area contributed by atoms with E-state index in [4.69, 9.17) is 0 Å². The number of carbonyl (C=O) groups is 1. The van der Waals surface area contributed by atoms with E-state index in [1.807, 2.05) is 49.6 Å². The van der Waals surface area contributed by atoms with E-state index in [1.165, 1.54) is 0 Å². The number of imidazole rings is 1. The SMILES string of the molecule is Cc1ccc(NC(=O)c2c(C)nc3ccc(C)cn23)nc1. The number of anilines is 1. The Morgan fingerprint density at radius 3 is 2.57 bits per heavy atom. The van der Waals surface area contributed by atoms with E-state index in [-0.39, 0.29) is 5.91 Å². The van der Waals surface area contributed by atoms with E-state index >= 15 is 0 Å². The minimum atomic E-state index is -0.207. The predicted molar refractivity (Wildman–Crippen MR) is 81.6 cm³/mol. The van der Waals surface area contributed by atoms with Crippen molar-refractivity contribution in [3.8, 4) is 0 Å². The van der Waals surface area contributed by atoms with Crippen LogP contribution in [0.25, 0.3) is 5.65 Å². The molecule has 5 nitrogen and oxygen atoms in total. The summed E-state index contributed by atoms with van der Waals surface area (Å²) in [6.07, 6.45) is 3.63. The van der Waals surface area contributed by atoms with Crippen LogP contribution in [0.1, 0.15) is 27.3 Å². The van der Waals surface area contributed by atoms with Gasteiger partial charge in [0.25, 0.3) is 5.91 Å². The first-order valence-corrected chi connectivity index (χ1v) is 6.74. The molecule has 3 aromatic heterocycles. The summed E-state index contributed by atoms with van der Waals surface area (Å²) in [7, 11) is 0. The maximum atomic E-state index is 12.5. The summed E-state index contributed by atoms with van der Waals surface area (Å²) in [5, 5.41) is 2.81. The summed E-state index contributed by atoms with van der Waals surface area (Å²) < 4.78 is 1.81. The molecule has 5 heteroatoms. The lowest BCUT2D eigenvalue weighted by Crippen LogP contribution is -2.16. The van der Waals surface area contributed by atoms with E-state index in [9.17, 15) is 4.79 Å². The van der Waals surface area contributed by atoms with Gasteiger partial charge in [-0.2, -0.15) is 0 Å². The molecule has 0 bridgehead atoms. The molecule has 0 atom stereocenters. The molecule has 0 aliphatic carbocycles. The van der Waals surface area contributed by atoms with Gasteiger partial charge in [-0.05, 0) is 44.0 Å². The first-order valence-electron chi connectivity index (χ1n) is 6.74. The van der Waals surface area contributed by atoms with E-state index in [2.05, 4.69) is 15.3 Å². The van der Waals surface area contributed by atoms with Gasteiger partial charge in [-0.3, -0.25) is 9.20 Å². The third-order valence-electron chi connectivity index (χ3n) is 3.31. The zero-order valence-corrected chi connectivity index (χ0v) is 12.2. The Morgan fingerprint density at radius 1 is 1.10 bits per heavy atom. The third kappa shape index (κ3) is 2.50. The third-order valence-corrected chi connectivity index (χ3v) is 3.31. The molecular formula is C16H16N4O. The maximum Gasteiger partial charge on any atom is 0.275 e. The summed E-state index contributed by atoms with van der Waals surface area (Å²) >= 11 is 0. The monoisotopic (exact) mass is 280 g/mol. The molecule has 0 radical (unpaired) electrons. The van der Waals surface area contributed by atoms with E-state index in [1.54, 1.807) is 12.3 Å². The van der Waals surface area contributed by atoms with E-state index < -0.39 is 0 Å². The molecule has 0 saturated carbocycles. The van der Waals surface area contributed by atoms with Crippen molar-refractivity contribution in [1.82, 2.24) is 14.4 Å². The first-order chi connectivity index (χ1) is 10.0. The van der Waals surface area contributed by atoms with E-state index in [0.29, 0.717) is 17.2 Å². The second kappa shape index (κ2) is 5.01. The molecule has 0 spiro atoms. The number of amides is 1. The van der Waals surface area contributed by atoms with Crippen molar-refractivity contribution in [2.45, 2.75) is 20.8 Å². The smallest absolute Gasteiger partial charge is 0.275 e. The van der Waals surface area contributed by atoms with Crippen molar-refractivity contribution >= 4 is 17.4 Å². The van der Waals surface area contributed by atoms with Gasteiger partial charge in [-0.25, -0.2) is 9.97 Å². The number of carbonyl (C=O) groups excluding carboxylic acids is 1. The minimum Gasteiger partial charge on any atom is -0.305 e. The summed E-state index contributed by atoms with van der Waals surface area (Å²) in [4.78, 5) is 21.1. The number of hydrogen-bond acceptors (Lipinski definition) is 3. The van der Waals surface area contributed by atoms with Crippen molar-refractivity contribution < 1.29 is 4.79 Å². The van der Waals surface area contributed by atoms with Gasteiger partial charge in [0.2, 0.25) is 0 Å². The van der Waals surface area contributed by atoms with Crippen LogP contribution in [-0.4, -0.2) is 20.3 Å². The van der Waals surface area contributed by atoms with E-state index in [0.717, 1.165) is 16.8 Å². The van der Waals surface area contributed by atoms with Crippen LogP contribution in [0, 0.1) is 20.8 Å². The number of nitrogens with zero attached hydrogens (tertiary/aromatic N) is 3. The quantitative estimate of drug-likeness (QED) is 0.785. The molecule has 3 rings (SSSR count). The van der Waals surface area contributed by atoms with Crippen LogP contribution < -0.4 is 5.32 Å². The maximum absolute atomic E-state index is 12.5. The lowest BCUT2D eigenvalue weighted by Gasteiger charge is -2.06. The van der Waals surface area contributed by atoms with Crippen LogP contribution in [0.15, 0.2) is 36.7 Å². The van der Waals surface area contributed by atoms with Crippen molar-refractivity contribution in [3.63, 3.8) is 0 Å². The molecule has 106 valence electrons. The molecule has 1 N–H and O–H groups in total. The Balaban J connectivity index is 1.99. The second-order valence-electron chi connectivity index (χ2n) is 5.16. The zero-order valence-electron chi connectivity index (χ0n) is 12.2. The average molecular weight is 280 g/mol. The molecule has 0 aromatic carbocycles. The second-order valence-corrected chi connectivity index (χ2v) is 5.16. The van der Waals surface area contributed by atoms with Gasteiger partial charge in [0, 0.05) is 12.4 Å². The molecule has 0 saturated heterocycles. The van der Waals surface area contributed by atoms with Crippen LogP contribution in [0.3, 0.4) is 0 Å². The van der Waals surface area contributed by atoms with Crippen molar-refractivity contribution in [3.05, 3.63) is 59.2 Å². The molecule has 21 heavy (non-hydrogen) atoms. The van der Waals surface area contributed by atoms with Gasteiger partial charge < -0.3 is 5.32 Å². The predicted octanol–water partition coefficient (Wildman–Crippen LogP) is 2.91. The summed E-state index contributed by atoms with van der Waals surface area (Å²) in [5.74, 6) is 0.328. The van der Waals surface area contributed by atoms with Crippen molar-refractivity contribution in [2.75, 3.05) is 5.32 Å². The highest BCUT2D eigenvalue weighted by Crippen LogP contribution is 2.15. The lowest BCUT2D eigenvalue weighted by molar-refractivity contribution is 0.102. The molecule has 0 aliphatic rings. The number of aromatic nitrogens is 3. The molecule has 0 unspecified atom stereocenters. The molecule has 0 aliphatic heterocycles. The highest BCUT2D eigenvalue weighted by atomic mass is 16.2. The number of hydrogen-bond donors (Lipinski definition) is 1. The van der Waals surface area contributed by atoms with Gasteiger partial charge in [-0.15, -0.1) is 0 Å². The molecule has 3 heterocycles. The number of nitrogens with one attached hydrogen (secondary N) is 1. The van der Waals surface area contributed by atoms with Crippen LogP contribution in [0.4, 0.5) is 5.82 Å². The highest BCUT2D eigenvalue weighted by molar-refractivity contribution is 6.03. The first kappa shape index (κ1) is 13.3. The van der Waals surface area contributed by atoms with Gasteiger partial charge in [-0.1, -0.05) is 12.1 Å². The highest BCUT2D eigenvalue weighted by Gasteiger charge is 2.17. The standard InChI is InChI=1S/C16H16N4O/c1-10-4-6-13(17-8-10)19-16(21)15-12(3)18-14-7-5-11(2)9-20(14)15/h4-9H,1-3H3,(H,17,19,21). The van der Waals surface area contributed by atoms with Gasteiger partial charge in [0.05, 0.1) is 5.69 Å². The average Bonchev–Trinajstić information content (AvgIpc) is 2.76. The van der Waals surface area contributed by atoms with Crippen LogP contribution in [0.5, 0.6) is 0 Å². The van der Waals surface area contributed by atoms with Crippen LogP contribution in [0.2, 0.25) is 0 Å². The number of pyridine rings is 2. The topological polar surface area (TPSA) is 59.3 Å². The Bertz CT molecular complexity index is 818. The van der Waals surface area contributed by atoms with Crippen LogP contribution >= 0.6 is 0 Å². The Morgan fingerprint density at radius 2 is 1.86 bits per heavy atom. The largest absolute Gasteiger partial charge is 0.305 e. The lowest BCUT2D eigenvalue weighted by atomic mass is 10.3. The Hall–Kier alpha value is -2.69. The normalized spacial score (nSPS) is 10.8. The fourth-order valence-electron chi connectivity index (χ4n) is 2.26.